The van der Waals surface area contributed by atoms with Crippen LogP contribution in [0.5, 0.6) is 0 Å². The molecule has 7 heteroatoms. The van der Waals surface area contributed by atoms with Crippen molar-refractivity contribution in [2.45, 2.75) is 45.6 Å². The molecule has 1 N–H and O–H groups in total. The van der Waals surface area contributed by atoms with Crippen molar-refractivity contribution >= 4 is 23.5 Å². The normalized spacial score (nSPS) is 28.8. The van der Waals surface area contributed by atoms with Crippen LogP contribution in [-0.2, 0) is 9.59 Å². The van der Waals surface area contributed by atoms with E-state index in [2.05, 4.69) is 43.1 Å². The molecular formula is C23H32N4O3. The molecule has 2 aliphatic heterocycles. The number of benzene rings is 1. The van der Waals surface area contributed by atoms with E-state index in [-0.39, 0.29) is 23.8 Å². The fourth-order valence-corrected chi connectivity index (χ4v) is 5.74. The van der Waals surface area contributed by atoms with Crippen LogP contribution in [0.4, 0.5) is 10.5 Å². The first-order valence-corrected chi connectivity index (χ1v) is 10.9. The van der Waals surface area contributed by atoms with Crippen molar-refractivity contribution in [2.24, 2.45) is 11.3 Å². The van der Waals surface area contributed by atoms with Gasteiger partial charge in [-0.1, -0.05) is 39.0 Å². The molecule has 0 aromatic heterocycles. The molecule has 2 atom stereocenters. The van der Waals surface area contributed by atoms with Crippen molar-refractivity contribution in [1.29, 1.82) is 0 Å². The summed E-state index contributed by atoms with van der Waals surface area (Å²) in [5, 5.41) is 2.95. The van der Waals surface area contributed by atoms with Gasteiger partial charge in [0.15, 0.2) is 0 Å². The molecule has 1 saturated carbocycles. The largest absolute Gasteiger partial charge is 0.368 e. The van der Waals surface area contributed by atoms with Crippen LogP contribution in [0.2, 0.25) is 0 Å². The van der Waals surface area contributed by atoms with Gasteiger partial charge in [-0.2, -0.15) is 0 Å². The maximum absolute atomic E-state index is 13.2. The molecule has 30 heavy (non-hydrogen) atoms. The number of carbonyl (C=O) groups is 3. The zero-order chi connectivity index (χ0) is 21.5. The number of para-hydroxylation sites is 1. The molecule has 162 valence electrons. The van der Waals surface area contributed by atoms with Crippen molar-refractivity contribution in [2.75, 3.05) is 37.6 Å². The van der Waals surface area contributed by atoms with Gasteiger partial charge in [0.1, 0.15) is 12.1 Å². The quantitative estimate of drug-likeness (QED) is 0.774. The molecule has 3 aliphatic rings. The van der Waals surface area contributed by atoms with Gasteiger partial charge in [-0.25, -0.2) is 4.79 Å². The van der Waals surface area contributed by atoms with E-state index in [9.17, 15) is 14.4 Å². The van der Waals surface area contributed by atoms with Crippen LogP contribution in [-0.4, -0.2) is 65.9 Å². The zero-order valence-electron chi connectivity index (χ0n) is 18.2. The van der Waals surface area contributed by atoms with Crippen LogP contribution < -0.4 is 10.2 Å². The minimum absolute atomic E-state index is 0.0195. The number of rotatable bonds is 3. The first-order chi connectivity index (χ1) is 14.2. The maximum atomic E-state index is 13.2. The van der Waals surface area contributed by atoms with Gasteiger partial charge in [-0.05, 0) is 42.7 Å². The lowest BCUT2D eigenvalue weighted by Gasteiger charge is -2.43. The summed E-state index contributed by atoms with van der Waals surface area (Å²) < 4.78 is 0. The number of anilines is 1. The van der Waals surface area contributed by atoms with Gasteiger partial charge < -0.3 is 15.1 Å². The summed E-state index contributed by atoms with van der Waals surface area (Å²) in [5.41, 5.74) is 0.272. The van der Waals surface area contributed by atoms with Gasteiger partial charge in [0.2, 0.25) is 5.91 Å². The number of nitrogens with one attached hydrogen (secondary N) is 1. The second kappa shape index (κ2) is 7.60. The molecule has 1 spiro atoms. The highest BCUT2D eigenvalue weighted by Crippen LogP contribution is 2.46. The van der Waals surface area contributed by atoms with Gasteiger partial charge in [0.05, 0.1) is 0 Å². The summed E-state index contributed by atoms with van der Waals surface area (Å²) >= 11 is 0. The van der Waals surface area contributed by atoms with Gasteiger partial charge in [0, 0.05) is 31.9 Å². The second-order valence-electron chi connectivity index (χ2n) is 9.96. The number of hydrogen-bond acceptors (Lipinski definition) is 4. The number of carbonyl (C=O) groups excluding carboxylic acids is 3. The van der Waals surface area contributed by atoms with E-state index in [0.717, 1.165) is 30.1 Å². The molecule has 7 nitrogen and oxygen atoms in total. The molecule has 4 rings (SSSR count). The molecule has 3 fully saturated rings. The molecule has 1 aromatic carbocycles. The van der Waals surface area contributed by atoms with Crippen LogP contribution in [0.1, 0.15) is 40.0 Å². The van der Waals surface area contributed by atoms with Crippen LogP contribution in [0.25, 0.3) is 0 Å². The van der Waals surface area contributed by atoms with E-state index in [4.69, 9.17) is 0 Å². The molecule has 4 amide bonds. The standard InChI is InChI=1S/C23H32N4O3/c1-17-13-22(2,3)16-23(14-17)20(29)27(21(30)24-23)15-19(28)26-11-9-25(10-12-26)18-7-5-4-6-8-18/h4-8,17H,9-16H2,1-3H3,(H,24,30). The smallest absolute Gasteiger partial charge is 0.325 e. The Labute approximate surface area is 178 Å². The molecule has 2 unspecified atom stereocenters. The highest BCUT2D eigenvalue weighted by atomic mass is 16.2. The van der Waals surface area contributed by atoms with Crippen molar-refractivity contribution in [1.82, 2.24) is 15.1 Å². The number of piperazine rings is 1. The van der Waals surface area contributed by atoms with E-state index < -0.39 is 11.6 Å². The first kappa shape index (κ1) is 20.7. The van der Waals surface area contributed by atoms with E-state index in [1.165, 1.54) is 0 Å². The lowest BCUT2D eigenvalue weighted by atomic mass is 9.64. The number of hydrogen-bond donors (Lipinski definition) is 1. The molecule has 2 heterocycles. The summed E-state index contributed by atoms with van der Waals surface area (Å²) in [4.78, 5) is 43.9. The third-order valence-electron chi connectivity index (χ3n) is 6.67. The fraction of sp³-hybridized carbons (Fsp3) is 0.609. The summed E-state index contributed by atoms with van der Waals surface area (Å²) in [6, 6.07) is 9.71. The van der Waals surface area contributed by atoms with Gasteiger partial charge in [-0.3, -0.25) is 14.5 Å². The number of nitrogens with zero attached hydrogens (tertiary/aromatic N) is 3. The maximum Gasteiger partial charge on any atom is 0.325 e. The molecule has 0 radical (unpaired) electrons. The van der Waals surface area contributed by atoms with E-state index in [1.54, 1.807) is 4.90 Å². The Hall–Kier alpha value is -2.57. The van der Waals surface area contributed by atoms with E-state index in [0.29, 0.717) is 31.8 Å². The SMILES string of the molecule is CC1CC(C)(C)CC2(C1)NC(=O)N(CC(=O)N1CCN(c3ccccc3)CC1)C2=O. The Kier molecular flexibility index (Phi) is 5.24. The summed E-state index contributed by atoms with van der Waals surface area (Å²) in [6.07, 6.45) is 2.29. The first-order valence-electron chi connectivity index (χ1n) is 10.9. The zero-order valence-corrected chi connectivity index (χ0v) is 18.2. The highest BCUT2D eigenvalue weighted by Gasteiger charge is 2.56. The molecule has 0 bridgehead atoms. The molecule has 2 saturated heterocycles. The number of amides is 4. The van der Waals surface area contributed by atoms with Crippen molar-refractivity contribution < 1.29 is 14.4 Å². The summed E-state index contributed by atoms with van der Waals surface area (Å²) in [5.74, 6) is -0.0468. The van der Waals surface area contributed by atoms with E-state index in [1.807, 2.05) is 18.2 Å². The predicted molar refractivity (Wildman–Crippen MR) is 115 cm³/mol. The highest BCUT2D eigenvalue weighted by molar-refractivity contribution is 6.09. The minimum Gasteiger partial charge on any atom is -0.368 e. The molecular weight excluding hydrogens is 380 g/mol. The number of imide groups is 1. The van der Waals surface area contributed by atoms with Crippen LogP contribution >= 0.6 is 0 Å². The topological polar surface area (TPSA) is 73.0 Å². The average Bonchev–Trinajstić information content (AvgIpc) is 2.90. The van der Waals surface area contributed by atoms with E-state index >= 15 is 0 Å². The van der Waals surface area contributed by atoms with Gasteiger partial charge in [0.25, 0.3) is 5.91 Å². The Morgan fingerprint density at radius 2 is 1.73 bits per heavy atom. The monoisotopic (exact) mass is 412 g/mol. The van der Waals surface area contributed by atoms with Crippen molar-refractivity contribution in [3.63, 3.8) is 0 Å². The lowest BCUT2D eigenvalue weighted by Crippen LogP contribution is -2.55. The van der Waals surface area contributed by atoms with Crippen LogP contribution in [0, 0.1) is 11.3 Å². The Bertz CT molecular complexity index is 832. The third kappa shape index (κ3) is 3.89. The third-order valence-corrected chi connectivity index (χ3v) is 6.67. The Morgan fingerprint density at radius 3 is 2.37 bits per heavy atom. The Morgan fingerprint density at radius 1 is 1.07 bits per heavy atom. The van der Waals surface area contributed by atoms with Crippen LogP contribution in [0.15, 0.2) is 30.3 Å². The second-order valence-corrected chi connectivity index (χ2v) is 9.96. The summed E-state index contributed by atoms with van der Waals surface area (Å²) in [6.45, 7) is 8.90. The Balaban J connectivity index is 1.38. The van der Waals surface area contributed by atoms with Crippen LogP contribution in [0.3, 0.4) is 0 Å². The fourth-order valence-electron chi connectivity index (χ4n) is 5.74. The predicted octanol–water partition coefficient (Wildman–Crippen LogP) is 2.47. The van der Waals surface area contributed by atoms with Crippen molar-refractivity contribution in [3.05, 3.63) is 30.3 Å². The van der Waals surface area contributed by atoms with Gasteiger partial charge >= 0.3 is 6.03 Å². The lowest BCUT2D eigenvalue weighted by molar-refractivity contribution is -0.140. The molecule has 1 aliphatic carbocycles. The average molecular weight is 413 g/mol. The minimum atomic E-state index is -0.857. The van der Waals surface area contributed by atoms with Crippen molar-refractivity contribution in [3.8, 4) is 0 Å². The van der Waals surface area contributed by atoms with Gasteiger partial charge in [-0.15, -0.1) is 0 Å². The molecule has 1 aromatic rings. The summed E-state index contributed by atoms with van der Waals surface area (Å²) in [7, 11) is 0. The number of urea groups is 1.